The maximum Gasteiger partial charge on any atom is 0.134 e. The van der Waals surface area contributed by atoms with Gasteiger partial charge >= 0.3 is 0 Å². The third-order valence-electron chi connectivity index (χ3n) is 3.56. The molecule has 2 aromatic rings. The zero-order valence-electron chi connectivity index (χ0n) is 14.1. The van der Waals surface area contributed by atoms with E-state index < -0.39 is 0 Å². The summed E-state index contributed by atoms with van der Waals surface area (Å²) in [5, 5.41) is 0. The summed E-state index contributed by atoms with van der Waals surface area (Å²) < 4.78 is 20.0. The summed E-state index contributed by atoms with van der Waals surface area (Å²) >= 11 is 0. The van der Waals surface area contributed by atoms with Gasteiger partial charge in [0.1, 0.15) is 11.6 Å². The van der Waals surface area contributed by atoms with E-state index in [4.69, 9.17) is 4.74 Å². The molecule has 0 saturated carbocycles. The van der Waals surface area contributed by atoms with Crippen molar-refractivity contribution >= 4 is 0 Å². The topological polar surface area (TPSA) is 9.23 Å². The average Bonchev–Trinajstić information content (AvgIpc) is 2.44. The number of rotatable bonds is 4. The Morgan fingerprint density at radius 2 is 1.77 bits per heavy atom. The zero-order valence-corrected chi connectivity index (χ0v) is 14.1. The molecule has 0 heterocycles. The number of ether oxygens (including phenoxy) is 1. The molecule has 0 bridgehead atoms. The molecule has 0 saturated heterocycles. The van der Waals surface area contributed by atoms with Crippen LogP contribution >= 0.6 is 0 Å². The van der Waals surface area contributed by atoms with Crippen molar-refractivity contribution in [1.82, 2.24) is 0 Å². The molecule has 0 aromatic heterocycles. The second-order valence-corrected chi connectivity index (χ2v) is 7.18. The van der Waals surface area contributed by atoms with Crippen molar-refractivity contribution < 1.29 is 9.13 Å². The van der Waals surface area contributed by atoms with Crippen molar-refractivity contribution in [1.29, 1.82) is 0 Å². The van der Waals surface area contributed by atoms with Crippen LogP contribution in [0.1, 0.15) is 40.2 Å². The standard InChI is InChI=1S/C20H25FO/c1-14(2)13-22-17-9-10-18(19(21)12-17)15-7-6-8-16(11-15)20(3,4)5/h6-12,14H,13H2,1-5H3. The van der Waals surface area contributed by atoms with Crippen molar-refractivity contribution in [3.05, 3.63) is 53.8 Å². The lowest BCUT2D eigenvalue weighted by atomic mass is 9.85. The van der Waals surface area contributed by atoms with E-state index >= 15 is 0 Å². The number of hydrogen-bond donors (Lipinski definition) is 0. The Morgan fingerprint density at radius 3 is 2.36 bits per heavy atom. The summed E-state index contributed by atoms with van der Waals surface area (Å²) in [6.45, 7) is 11.2. The zero-order chi connectivity index (χ0) is 16.3. The molecule has 2 heteroatoms. The average molecular weight is 300 g/mol. The van der Waals surface area contributed by atoms with Crippen LogP contribution in [0.5, 0.6) is 5.75 Å². The van der Waals surface area contributed by atoms with Crippen LogP contribution in [0, 0.1) is 11.7 Å². The largest absolute Gasteiger partial charge is 0.493 e. The molecule has 0 aliphatic heterocycles. The van der Waals surface area contributed by atoms with Crippen molar-refractivity contribution in [2.75, 3.05) is 6.61 Å². The molecule has 0 aliphatic carbocycles. The Morgan fingerprint density at radius 1 is 1.05 bits per heavy atom. The third kappa shape index (κ3) is 4.09. The first-order valence-electron chi connectivity index (χ1n) is 7.80. The normalized spacial score (nSPS) is 11.8. The van der Waals surface area contributed by atoms with E-state index in [1.165, 1.54) is 11.6 Å². The first-order chi connectivity index (χ1) is 10.3. The Kier molecular flexibility index (Phi) is 4.90. The molecule has 0 N–H and O–H groups in total. The molecule has 22 heavy (non-hydrogen) atoms. The minimum absolute atomic E-state index is 0.0484. The van der Waals surface area contributed by atoms with Crippen LogP contribution in [0.25, 0.3) is 11.1 Å². The van der Waals surface area contributed by atoms with Crippen molar-refractivity contribution in [2.24, 2.45) is 5.92 Å². The molecule has 0 unspecified atom stereocenters. The number of hydrogen-bond acceptors (Lipinski definition) is 1. The van der Waals surface area contributed by atoms with Gasteiger partial charge in [-0.2, -0.15) is 0 Å². The van der Waals surface area contributed by atoms with Crippen LogP contribution in [0.3, 0.4) is 0 Å². The van der Waals surface area contributed by atoms with Gasteiger partial charge in [-0.3, -0.25) is 0 Å². The molecule has 1 nitrogen and oxygen atoms in total. The molecular weight excluding hydrogens is 275 g/mol. The molecule has 0 atom stereocenters. The fraction of sp³-hybridized carbons (Fsp3) is 0.400. The molecule has 0 spiro atoms. The SMILES string of the molecule is CC(C)COc1ccc(-c2cccc(C(C)(C)C)c2)c(F)c1. The monoisotopic (exact) mass is 300 g/mol. The van der Waals surface area contributed by atoms with E-state index in [1.807, 2.05) is 18.2 Å². The Labute approximate surface area is 133 Å². The van der Waals surface area contributed by atoms with Crippen LogP contribution in [0.2, 0.25) is 0 Å². The van der Waals surface area contributed by atoms with E-state index in [2.05, 4.69) is 46.8 Å². The summed E-state index contributed by atoms with van der Waals surface area (Å²) in [4.78, 5) is 0. The molecular formula is C20H25FO. The lowest BCUT2D eigenvalue weighted by Gasteiger charge is -2.20. The first kappa shape index (κ1) is 16.5. The highest BCUT2D eigenvalue weighted by molar-refractivity contribution is 5.66. The number of benzene rings is 2. The first-order valence-corrected chi connectivity index (χ1v) is 7.80. The van der Waals surface area contributed by atoms with Crippen molar-refractivity contribution in [3.8, 4) is 16.9 Å². The minimum atomic E-state index is -0.243. The maximum atomic E-state index is 14.4. The second-order valence-electron chi connectivity index (χ2n) is 7.18. The predicted molar refractivity (Wildman–Crippen MR) is 90.9 cm³/mol. The van der Waals surface area contributed by atoms with E-state index in [-0.39, 0.29) is 11.2 Å². The molecule has 2 rings (SSSR count). The summed E-state index contributed by atoms with van der Waals surface area (Å²) in [6, 6.07) is 13.2. The van der Waals surface area contributed by atoms with Gasteiger partial charge in [0.15, 0.2) is 0 Å². The molecule has 0 amide bonds. The number of halogens is 1. The fourth-order valence-corrected chi connectivity index (χ4v) is 2.24. The summed E-state index contributed by atoms with van der Waals surface area (Å²) in [6.07, 6.45) is 0. The molecule has 2 aromatic carbocycles. The highest BCUT2D eigenvalue weighted by atomic mass is 19.1. The highest BCUT2D eigenvalue weighted by Crippen LogP contribution is 2.30. The Hall–Kier alpha value is -1.83. The van der Waals surface area contributed by atoms with Gasteiger partial charge in [-0.1, -0.05) is 58.9 Å². The Balaban J connectivity index is 2.30. The van der Waals surface area contributed by atoms with E-state index in [0.29, 0.717) is 23.8 Å². The fourth-order valence-electron chi connectivity index (χ4n) is 2.24. The Bertz CT molecular complexity index is 638. The quantitative estimate of drug-likeness (QED) is 0.690. The van der Waals surface area contributed by atoms with Gasteiger partial charge in [0.25, 0.3) is 0 Å². The van der Waals surface area contributed by atoms with Gasteiger partial charge in [-0.25, -0.2) is 4.39 Å². The molecule has 0 radical (unpaired) electrons. The predicted octanol–water partition coefficient (Wildman–Crippen LogP) is 5.83. The van der Waals surface area contributed by atoms with Gasteiger partial charge in [-0.05, 0) is 34.6 Å². The highest BCUT2D eigenvalue weighted by Gasteiger charge is 2.15. The van der Waals surface area contributed by atoms with Gasteiger partial charge < -0.3 is 4.74 Å². The van der Waals surface area contributed by atoms with Crippen LogP contribution in [0.4, 0.5) is 4.39 Å². The van der Waals surface area contributed by atoms with E-state index in [1.54, 1.807) is 6.07 Å². The van der Waals surface area contributed by atoms with E-state index in [9.17, 15) is 4.39 Å². The lowest BCUT2D eigenvalue weighted by Crippen LogP contribution is -2.10. The minimum Gasteiger partial charge on any atom is -0.493 e. The smallest absolute Gasteiger partial charge is 0.134 e. The summed E-state index contributed by atoms with van der Waals surface area (Å²) in [5.74, 6) is 0.764. The van der Waals surface area contributed by atoms with Crippen LogP contribution in [-0.2, 0) is 5.41 Å². The van der Waals surface area contributed by atoms with Gasteiger partial charge in [0.05, 0.1) is 6.61 Å². The van der Waals surface area contributed by atoms with Gasteiger partial charge in [0.2, 0.25) is 0 Å². The van der Waals surface area contributed by atoms with Crippen molar-refractivity contribution in [3.63, 3.8) is 0 Å². The molecule has 118 valence electrons. The van der Waals surface area contributed by atoms with Gasteiger partial charge in [0, 0.05) is 11.6 Å². The van der Waals surface area contributed by atoms with Crippen LogP contribution in [0.15, 0.2) is 42.5 Å². The molecule has 0 aliphatic rings. The lowest BCUT2D eigenvalue weighted by molar-refractivity contribution is 0.270. The van der Waals surface area contributed by atoms with Crippen molar-refractivity contribution in [2.45, 2.75) is 40.0 Å². The summed E-state index contributed by atoms with van der Waals surface area (Å²) in [5.41, 5.74) is 2.76. The third-order valence-corrected chi connectivity index (χ3v) is 3.56. The molecule has 0 fully saturated rings. The van der Waals surface area contributed by atoms with Crippen LogP contribution < -0.4 is 4.74 Å². The van der Waals surface area contributed by atoms with E-state index in [0.717, 1.165) is 5.56 Å². The second kappa shape index (κ2) is 6.51. The summed E-state index contributed by atoms with van der Waals surface area (Å²) in [7, 11) is 0. The maximum absolute atomic E-state index is 14.4. The van der Waals surface area contributed by atoms with Gasteiger partial charge in [-0.15, -0.1) is 0 Å². The van der Waals surface area contributed by atoms with Crippen LogP contribution in [-0.4, -0.2) is 6.61 Å².